The van der Waals surface area contributed by atoms with Crippen molar-refractivity contribution >= 4 is 5.69 Å². The number of rotatable bonds is 0. The highest BCUT2D eigenvalue weighted by Gasteiger charge is 2.13. The van der Waals surface area contributed by atoms with E-state index in [1.54, 1.807) is 0 Å². The summed E-state index contributed by atoms with van der Waals surface area (Å²) in [6.45, 7) is 2.23. The van der Waals surface area contributed by atoms with Gasteiger partial charge < -0.3 is 5.32 Å². The summed E-state index contributed by atoms with van der Waals surface area (Å²) >= 11 is 0. The first-order chi connectivity index (χ1) is 9.31. The third-order valence-corrected chi connectivity index (χ3v) is 3.48. The van der Waals surface area contributed by atoms with Crippen molar-refractivity contribution in [1.29, 1.82) is 0 Å². The molecule has 0 saturated carbocycles. The summed E-state index contributed by atoms with van der Waals surface area (Å²) in [4.78, 5) is 0. The quantitative estimate of drug-likeness (QED) is 0.698. The second-order valence-electron chi connectivity index (χ2n) is 5.07. The molecule has 0 bridgehead atoms. The van der Waals surface area contributed by atoms with Gasteiger partial charge in [0.1, 0.15) is 0 Å². The fraction of sp³-hybridized carbons (Fsp3) is 0.222. The molecule has 1 aliphatic heterocycles. The van der Waals surface area contributed by atoms with Crippen molar-refractivity contribution in [1.82, 2.24) is 0 Å². The van der Waals surface area contributed by atoms with E-state index in [0.717, 1.165) is 17.5 Å². The van der Waals surface area contributed by atoms with Crippen LogP contribution >= 0.6 is 0 Å². The lowest BCUT2D eigenvalue weighted by Gasteiger charge is -2.24. The molecule has 0 spiro atoms. The molecule has 1 heterocycles. The van der Waals surface area contributed by atoms with Crippen LogP contribution in [-0.4, -0.2) is 6.04 Å². The van der Waals surface area contributed by atoms with E-state index in [1.165, 1.54) is 17.7 Å². The van der Waals surface area contributed by atoms with Crippen molar-refractivity contribution in [3.63, 3.8) is 0 Å². The average Bonchev–Trinajstić information content (AvgIpc) is 2.46. The Morgan fingerprint density at radius 1 is 1.00 bits per heavy atom. The van der Waals surface area contributed by atoms with Gasteiger partial charge in [-0.3, -0.25) is 0 Å². The first-order valence-electron chi connectivity index (χ1n) is 6.78. The molecule has 1 N–H and O–H groups in total. The normalized spacial score (nSPS) is 16.8. The Labute approximate surface area is 114 Å². The number of aryl methyl sites for hydroxylation is 1. The Hall–Kier alpha value is -2.20. The number of hydrogen-bond donors (Lipinski definition) is 1. The molecule has 3 rings (SSSR count). The summed E-state index contributed by atoms with van der Waals surface area (Å²) < 4.78 is 0. The topological polar surface area (TPSA) is 12.0 Å². The first kappa shape index (κ1) is 11.9. The lowest BCUT2D eigenvalue weighted by molar-refractivity contribution is 0.681. The van der Waals surface area contributed by atoms with Gasteiger partial charge in [0.2, 0.25) is 0 Å². The molecule has 1 atom stereocenters. The molecule has 1 heteroatoms. The lowest BCUT2D eigenvalue weighted by Crippen LogP contribution is -2.21. The molecular formula is C18H17N. The van der Waals surface area contributed by atoms with Gasteiger partial charge in [-0.1, -0.05) is 30.0 Å². The van der Waals surface area contributed by atoms with E-state index in [4.69, 9.17) is 0 Å². The molecule has 0 radical (unpaired) electrons. The monoisotopic (exact) mass is 247 g/mol. The summed E-state index contributed by atoms with van der Waals surface area (Å²) in [5.41, 5.74) is 4.81. The average molecular weight is 247 g/mol. The molecule has 0 unspecified atom stereocenters. The van der Waals surface area contributed by atoms with Crippen LogP contribution in [0.25, 0.3) is 0 Å². The molecule has 0 aromatic heterocycles. The molecule has 0 amide bonds. The first-order valence-corrected chi connectivity index (χ1v) is 6.78. The number of hydrogen-bond acceptors (Lipinski definition) is 1. The molecule has 1 nitrogen and oxygen atoms in total. The zero-order valence-electron chi connectivity index (χ0n) is 11.1. The van der Waals surface area contributed by atoms with Gasteiger partial charge in [-0.15, -0.1) is 0 Å². The molecule has 0 fully saturated rings. The highest BCUT2D eigenvalue weighted by Crippen LogP contribution is 2.25. The minimum atomic E-state index is 0.578. The molecule has 94 valence electrons. The maximum atomic E-state index is 3.51. The van der Waals surface area contributed by atoms with Crippen LogP contribution in [0.4, 0.5) is 5.69 Å². The van der Waals surface area contributed by atoms with Gasteiger partial charge in [0.25, 0.3) is 0 Å². The second-order valence-corrected chi connectivity index (χ2v) is 5.07. The Kier molecular flexibility index (Phi) is 3.25. The molecular weight excluding hydrogens is 230 g/mol. The third kappa shape index (κ3) is 2.80. The van der Waals surface area contributed by atoms with Crippen LogP contribution in [0.1, 0.15) is 30.0 Å². The highest BCUT2D eigenvalue weighted by atomic mass is 14.9. The zero-order valence-corrected chi connectivity index (χ0v) is 11.1. The van der Waals surface area contributed by atoms with Crippen LogP contribution in [0.2, 0.25) is 0 Å². The van der Waals surface area contributed by atoms with E-state index in [9.17, 15) is 0 Å². The van der Waals surface area contributed by atoms with Crippen LogP contribution in [0.3, 0.4) is 0 Å². The molecule has 2 aromatic carbocycles. The van der Waals surface area contributed by atoms with Gasteiger partial charge in [0, 0.05) is 22.9 Å². The minimum Gasteiger partial charge on any atom is -0.382 e. The Morgan fingerprint density at radius 3 is 2.63 bits per heavy atom. The van der Waals surface area contributed by atoms with Crippen LogP contribution in [0.15, 0.2) is 48.5 Å². The molecule has 19 heavy (non-hydrogen) atoms. The van der Waals surface area contributed by atoms with Gasteiger partial charge in [0.15, 0.2) is 0 Å². The van der Waals surface area contributed by atoms with Crippen molar-refractivity contribution < 1.29 is 0 Å². The SMILES string of the molecule is C[C@H]1CCc2cc(C#Cc3ccccc3)ccc2N1. The van der Waals surface area contributed by atoms with E-state index in [1.807, 2.05) is 30.3 Å². The van der Waals surface area contributed by atoms with Crippen molar-refractivity contribution in [3.05, 3.63) is 65.2 Å². The van der Waals surface area contributed by atoms with Crippen LogP contribution in [0, 0.1) is 11.8 Å². The van der Waals surface area contributed by atoms with Gasteiger partial charge in [-0.25, -0.2) is 0 Å². The van der Waals surface area contributed by atoms with Crippen molar-refractivity contribution in [3.8, 4) is 11.8 Å². The van der Waals surface area contributed by atoms with E-state index < -0.39 is 0 Å². The smallest absolute Gasteiger partial charge is 0.0375 e. The largest absolute Gasteiger partial charge is 0.382 e. The van der Waals surface area contributed by atoms with Crippen LogP contribution in [0.5, 0.6) is 0 Å². The fourth-order valence-corrected chi connectivity index (χ4v) is 2.39. The number of fused-ring (bicyclic) bond motifs is 1. The minimum absolute atomic E-state index is 0.578. The maximum absolute atomic E-state index is 3.51. The Bertz CT molecular complexity index is 632. The van der Waals surface area contributed by atoms with Crippen molar-refractivity contribution in [2.45, 2.75) is 25.8 Å². The van der Waals surface area contributed by atoms with Crippen LogP contribution < -0.4 is 5.32 Å². The predicted molar refractivity (Wildman–Crippen MR) is 80.3 cm³/mol. The standard InChI is InChI=1S/C18H17N/c1-14-7-11-17-13-16(10-12-18(17)19-14)9-8-15-5-3-2-4-6-15/h2-6,10,12-14,19H,7,11H2,1H3/t14-/m0/s1. The summed E-state index contributed by atoms with van der Waals surface area (Å²) in [7, 11) is 0. The fourth-order valence-electron chi connectivity index (χ4n) is 2.39. The Balaban J connectivity index is 1.86. The second kappa shape index (κ2) is 5.20. The molecule has 1 aliphatic rings. The zero-order chi connectivity index (χ0) is 13.1. The van der Waals surface area contributed by atoms with Crippen molar-refractivity contribution in [2.24, 2.45) is 0 Å². The highest BCUT2D eigenvalue weighted by molar-refractivity contribution is 5.58. The van der Waals surface area contributed by atoms with Gasteiger partial charge >= 0.3 is 0 Å². The molecule has 0 saturated heterocycles. The predicted octanol–water partition coefficient (Wildman–Crippen LogP) is 3.83. The van der Waals surface area contributed by atoms with E-state index in [-0.39, 0.29) is 0 Å². The molecule has 0 aliphatic carbocycles. The number of nitrogens with one attached hydrogen (secondary N) is 1. The number of anilines is 1. The maximum Gasteiger partial charge on any atom is 0.0375 e. The van der Waals surface area contributed by atoms with Gasteiger partial charge in [0.05, 0.1) is 0 Å². The summed E-state index contributed by atoms with van der Waals surface area (Å²) in [6, 6.07) is 17.2. The van der Waals surface area contributed by atoms with E-state index in [0.29, 0.717) is 6.04 Å². The summed E-state index contributed by atoms with van der Waals surface area (Å²) in [5, 5.41) is 3.51. The molecule has 2 aromatic rings. The van der Waals surface area contributed by atoms with E-state index >= 15 is 0 Å². The van der Waals surface area contributed by atoms with Crippen molar-refractivity contribution in [2.75, 3.05) is 5.32 Å². The number of benzene rings is 2. The third-order valence-electron chi connectivity index (χ3n) is 3.48. The summed E-state index contributed by atoms with van der Waals surface area (Å²) in [5.74, 6) is 6.45. The van der Waals surface area contributed by atoms with E-state index in [2.05, 4.69) is 42.3 Å². The van der Waals surface area contributed by atoms with Gasteiger partial charge in [-0.2, -0.15) is 0 Å². The Morgan fingerprint density at radius 2 is 1.79 bits per heavy atom. The van der Waals surface area contributed by atoms with Crippen LogP contribution in [-0.2, 0) is 6.42 Å². The van der Waals surface area contributed by atoms with Gasteiger partial charge in [-0.05, 0) is 55.7 Å². The summed E-state index contributed by atoms with van der Waals surface area (Å²) in [6.07, 6.45) is 2.34. The lowest BCUT2D eigenvalue weighted by atomic mass is 9.97.